The summed E-state index contributed by atoms with van der Waals surface area (Å²) in [5.41, 5.74) is 0.166. The predicted molar refractivity (Wildman–Crippen MR) is 128 cm³/mol. The van der Waals surface area contributed by atoms with Crippen molar-refractivity contribution in [3.8, 4) is 16.9 Å². The number of halogens is 2. The molecular weight excluding hydrogens is 512 g/mol. The highest BCUT2D eigenvalue weighted by molar-refractivity contribution is 9.10. The molecule has 0 aliphatic heterocycles. The Hall–Kier alpha value is -3.68. The maximum absolute atomic E-state index is 12.7. The topological polar surface area (TPSA) is 86.7 Å². The summed E-state index contributed by atoms with van der Waals surface area (Å²) in [7, 11) is 0. The van der Waals surface area contributed by atoms with Gasteiger partial charge in [0.1, 0.15) is 16.9 Å². The van der Waals surface area contributed by atoms with E-state index in [1.54, 1.807) is 48.5 Å². The molecule has 0 saturated carbocycles. The summed E-state index contributed by atoms with van der Waals surface area (Å²) in [6.07, 6.45) is 0. The average molecular weight is 524 g/mol. The van der Waals surface area contributed by atoms with Crippen LogP contribution in [0.25, 0.3) is 33.1 Å². The highest BCUT2D eigenvalue weighted by atomic mass is 79.9. The second-order valence-corrected chi connectivity index (χ2v) is 8.52. The first-order valence-electron chi connectivity index (χ1n) is 9.67. The third-order valence-corrected chi connectivity index (χ3v) is 5.70. The Morgan fingerprint density at radius 3 is 2.52 bits per heavy atom. The Kier molecular flexibility index (Phi) is 5.36. The number of hydrogen-bond acceptors (Lipinski definition) is 6. The van der Waals surface area contributed by atoms with E-state index < -0.39 is 17.2 Å². The standard InChI is InChI=1S/C25H12BrClO6/c26-15-4-7-21-14(8-15)10-20(25(30)33-21)19-12-23(28)32-22-11-17(5-6-18(19)22)31-24(29)13-2-1-3-16(27)9-13/h1-12H. The van der Waals surface area contributed by atoms with Gasteiger partial charge in [-0.2, -0.15) is 0 Å². The molecule has 0 fully saturated rings. The summed E-state index contributed by atoms with van der Waals surface area (Å²) < 4.78 is 17.0. The van der Waals surface area contributed by atoms with Crippen LogP contribution in [0.15, 0.2) is 95.7 Å². The summed E-state index contributed by atoms with van der Waals surface area (Å²) in [5, 5.41) is 1.58. The lowest BCUT2D eigenvalue weighted by atomic mass is 10.0. The van der Waals surface area contributed by atoms with Crippen molar-refractivity contribution in [3.05, 3.63) is 109 Å². The molecule has 2 aromatic heterocycles. The molecule has 0 saturated heterocycles. The molecular formula is C25H12BrClO6. The van der Waals surface area contributed by atoms with E-state index in [1.165, 1.54) is 18.2 Å². The first-order chi connectivity index (χ1) is 15.9. The van der Waals surface area contributed by atoms with Gasteiger partial charge in [0.25, 0.3) is 0 Å². The van der Waals surface area contributed by atoms with Crippen molar-refractivity contribution in [1.82, 2.24) is 0 Å². The van der Waals surface area contributed by atoms with Crippen molar-refractivity contribution in [3.63, 3.8) is 0 Å². The molecule has 2 heterocycles. The Morgan fingerprint density at radius 2 is 1.70 bits per heavy atom. The minimum atomic E-state index is -0.662. The third-order valence-electron chi connectivity index (χ3n) is 4.97. The number of ether oxygens (including phenoxy) is 1. The molecule has 0 radical (unpaired) electrons. The Labute approximate surface area is 199 Å². The maximum atomic E-state index is 12.7. The van der Waals surface area contributed by atoms with Crippen molar-refractivity contribution >= 4 is 55.4 Å². The molecule has 0 atom stereocenters. The smallest absolute Gasteiger partial charge is 0.344 e. The maximum Gasteiger partial charge on any atom is 0.344 e. The fourth-order valence-electron chi connectivity index (χ4n) is 3.49. The highest BCUT2D eigenvalue weighted by Gasteiger charge is 2.16. The van der Waals surface area contributed by atoms with Gasteiger partial charge in [0, 0.05) is 38.0 Å². The number of fused-ring (bicyclic) bond motifs is 2. The summed E-state index contributed by atoms with van der Waals surface area (Å²) >= 11 is 9.33. The molecule has 0 spiro atoms. The summed E-state index contributed by atoms with van der Waals surface area (Å²) in [4.78, 5) is 37.4. The van der Waals surface area contributed by atoms with Gasteiger partial charge < -0.3 is 13.6 Å². The van der Waals surface area contributed by atoms with Gasteiger partial charge in [-0.25, -0.2) is 14.4 Å². The number of hydrogen-bond donors (Lipinski definition) is 0. The van der Waals surface area contributed by atoms with Gasteiger partial charge >= 0.3 is 17.2 Å². The van der Waals surface area contributed by atoms with E-state index in [0.29, 0.717) is 26.9 Å². The van der Waals surface area contributed by atoms with E-state index in [-0.39, 0.29) is 22.5 Å². The second kappa shape index (κ2) is 8.35. The van der Waals surface area contributed by atoms with Crippen LogP contribution < -0.4 is 16.0 Å². The monoisotopic (exact) mass is 522 g/mol. The molecule has 5 aromatic rings. The van der Waals surface area contributed by atoms with E-state index >= 15 is 0 Å². The van der Waals surface area contributed by atoms with Crippen molar-refractivity contribution in [2.24, 2.45) is 0 Å². The quantitative estimate of drug-likeness (QED) is 0.159. The minimum absolute atomic E-state index is 0.155. The number of rotatable bonds is 3. The normalized spacial score (nSPS) is 11.1. The zero-order valence-corrected chi connectivity index (χ0v) is 19.0. The lowest BCUT2D eigenvalue weighted by molar-refractivity contribution is 0.0735. The van der Waals surface area contributed by atoms with Crippen LogP contribution in [0.3, 0.4) is 0 Å². The van der Waals surface area contributed by atoms with Gasteiger partial charge in [-0.05, 0) is 54.6 Å². The number of carbonyl (C=O) groups is 1. The molecule has 8 heteroatoms. The Bertz CT molecular complexity index is 1680. The largest absolute Gasteiger partial charge is 0.423 e. The van der Waals surface area contributed by atoms with E-state index in [1.807, 2.05) is 6.07 Å². The summed E-state index contributed by atoms with van der Waals surface area (Å²) in [6.45, 7) is 0. The molecule has 162 valence electrons. The number of benzene rings is 3. The molecule has 0 unspecified atom stereocenters. The van der Waals surface area contributed by atoms with Crippen LogP contribution in [0.2, 0.25) is 5.02 Å². The highest BCUT2D eigenvalue weighted by Crippen LogP contribution is 2.30. The lowest BCUT2D eigenvalue weighted by Crippen LogP contribution is -2.09. The Morgan fingerprint density at radius 1 is 0.848 bits per heavy atom. The molecule has 0 bridgehead atoms. The summed E-state index contributed by atoms with van der Waals surface area (Å²) in [6, 6.07) is 19.1. The first-order valence-corrected chi connectivity index (χ1v) is 10.8. The zero-order valence-electron chi connectivity index (χ0n) is 16.6. The van der Waals surface area contributed by atoms with Crippen molar-refractivity contribution < 1.29 is 18.4 Å². The van der Waals surface area contributed by atoms with Crippen LogP contribution in [0.5, 0.6) is 5.75 Å². The van der Waals surface area contributed by atoms with Gasteiger partial charge in [-0.3, -0.25) is 0 Å². The molecule has 0 N–H and O–H groups in total. The second-order valence-electron chi connectivity index (χ2n) is 7.17. The molecule has 0 aliphatic rings. The number of carbonyl (C=O) groups excluding carboxylic acids is 1. The van der Waals surface area contributed by atoms with Crippen molar-refractivity contribution in [1.29, 1.82) is 0 Å². The third kappa shape index (κ3) is 4.20. The van der Waals surface area contributed by atoms with Gasteiger partial charge in [-0.1, -0.05) is 33.6 Å². The molecule has 5 rings (SSSR count). The van der Waals surface area contributed by atoms with Crippen LogP contribution in [0.4, 0.5) is 0 Å². The molecule has 3 aromatic carbocycles. The van der Waals surface area contributed by atoms with Crippen LogP contribution in [0, 0.1) is 0 Å². The number of esters is 1. The average Bonchev–Trinajstić information content (AvgIpc) is 2.78. The van der Waals surface area contributed by atoms with E-state index in [2.05, 4.69) is 15.9 Å². The zero-order chi connectivity index (χ0) is 23.1. The van der Waals surface area contributed by atoms with Crippen molar-refractivity contribution in [2.45, 2.75) is 0 Å². The molecule has 0 amide bonds. The van der Waals surface area contributed by atoms with E-state index in [4.69, 9.17) is 25.2 Å². The van der Waals surface area contributed by atoms with Crippen LogP contribution in [-0.4, -0.2) is 5.97 Å². The van der Waals surface area contributed by atoms with E-state index in [9.17, 15) is 14.4 Å². The fourth-order valence-corrected chi connectivity index (χ4v) is 4.06. The first kappa shape index (κ1) is 21.2. The Balaban J connectivity index is 1.60. The van der Waals surface area contributed by atoms with Crippen LogP contribution in [0.1, 0.15) is 10.4 Å². The predicted octanol–water partition coefficient (Wildman–Crippen LogP) is 6.20. The summed E-state index contributed by atoms with van der Waals surface area (Å²) in [5.74, 6) is -0.446. The SMILES string of the molecule is O=C(Oc1ccc2c(-c3cc4cc(Br)ccc4oc3=O)cc(=O)oc2c1)c1cccc(Cl)c1. The lowest BCUT2D eigenvalue weighted by Gasteiger charge is -2.08. The minimum Gasteiger partial charge on any atom is -0.423 e. The van der Waals surface area contributed by atoms with Crippen LogP contribution >= 0.6 is 27.5 Å². The fraction of sp³-hybridized carbons (Fsp3) is 0. The van der Waals surface area contributed by atoms with Gasteiger partial charge in [0.15, 0.2) is 0 Å². The van der Waals surface area contributed by atoms with Gasteiger partial charge in [0.05, 0.1) is 11.1 Å². The van der Waals surface area contributed by atoms with Crippen LogP contribution in [-0.2, 0) is 0 Å². The molecule has 33 heavy (non-hydrogen) atoms. The van der Waals surface area contributed by atoms with Gasteiger partial charge in [0.2, 0.25) is 0 Å². The van der Waals surface area contributed by atoms with Gasteiger partial charge in [-0.15, -0.1) is 0 Å². The van der Waals surface area contributed by atoms with Crippen molar-refractivity contribution in [2.75, 3.05) is 0 Å². The van der Waals surface area contributed by atoms with E-state index in [0.717, 1.165) is 4.47 Å². The molecule has 0 aliphatic carbocycles. The molecule has 6 nitrogen and oxygen atoms in total.